The molecule has 3 nitrogen and oxygen atoms in total. The predicted molar refractivity (Wildman–Crippen MR) is 93.6 cm³/mol. The van der Waals surface area contributed by atoms with Gasteiger partial charge in [-0.3, -0.25) is 4.40 Å². The molecule has 0 unspecified atom stereocenters. The average Bonchev–Trinajstić information content (AvgIpc) is 2.95. The van der Waals surface area contributed by atoms with E-state index in [9.17, 15) is 0 Å². The van der Waals surface area contributed by atoms with Crippen LogP contribution in [0.2, 0.25) is 0 Å². The maximum atomic E-state index is 4.65. The molecule has 106 valence electrons. The van der Waals surface area contributed by atoms with Gasteiger partial charge in [0.05, 0.1) is 23.1 Å². The largest absolute Gasteiger partial charge is 0.299 e. The number of hydrogen-bond acceptors (Lipinski definition) is 2. The van der Waals surface area contributed by atoms with Gasteiger partial charge in [0, 0.05) is 16.1 Å². The number of nitrogens with zero attached hydrogens (tertiary/aromatic N) is 3. The first-order valence-electron chi connectivity index (χ1n) is 6.96. The molecular weight excluding hydrogens is 338 g/mol. The lowest BCUT2D eigenvalue weighted by molar-refractivity contribution is 1.16. The number of aromatic nitrogens is 3. The van der Waals surface area contributed by atoms with Gasteiger partial charge in [-0.05, 0) is 52.3 Å². The average molecular weight is 350 g/mol. The summed E-state index contributed by atoms with van der Waals surface area (Å²) in [5, 5.41) is 1.15. The second-order valence-electron chi connectivity index (χ2n) is 5.02. The summed E-state index contributed by atoms with van der Waals surface area (Å²) < 4.78 is 3.07. The summed E-state index contributed by atoms with van der Waals surface area (Å²) in [6.07, 6.45) is 7.91. The normalized spacial score (nSPS) is 11.7. The van der Waals surface area contributed by atoms with Gasteiger partial charge < -0.3 is 0 Å². The molecular formula is C18H12BrN3. The van der Waals surface area contributed by atoms with Gasteiger partial charge in [-0.2, -0.15) is 0 Å². The number of hydrogen-bond donors (Lipinski definition) is 0. The molecule has 3 aromatic heterocycles. The van der Waals surface area contributed by atoms with Crippen LogP contribution in [0.1, 0.15) is 11.4 Å². The molecule has 0 aliphatic heterocycles. The third kappa shape index (κ3) is 2.42. The molecule has 0 aliphatic carbocycles. The molecule has 0 fully saturated rings. The van der Waals surface area contributed by atoms with E-state index in [-0.39, 0.29) is 0 Å². The first-order chi connectivity index (χ1) is 10.8. The van der Waals surface area contributed by atoms with Crippen molar-refractivity contribution < 1.29 is 0 Å². The molecule has 4 heteroatoms. The number of pyridine rings is 2. The van der Waals surface area contributed by atoms with Crippen molar-refractivity contribution in [2.45, 2.75) is 0 Å². The van der Waals surface area contributed by atoms with Crippen LogP contribution in [-0.2, 0) is 0 Å². The lowest BCUT2D eigenvalue weighted by Crippen LogP contribution is -1.87. The molecule has 0 aliphatic rings. The Balaban J connectivity index is 1.73. The fraction of sp³-hybridized carbons (Fsp3) is 0. The van der Waals surface area contributed by atoms with Crippen molar-refractivity contribution in [2.75, 3.05) is 0 Å². The van der Waals surface area contributed by atoms with Crippen molar-refractivity contribution in [3.8, 4) is 0 Å². The Morgan fingerprint density at radius 2 is 1.86 bits per heavy atom. The molecule has 0 saturated carbocycles. The zero-order valence-corrected chi connectivity index (χ0v) is 13.2. The van der Waals surface area contributed by atoms with Gasteiger partial charge in [-0.25, -0.2) is 9.97 Å². The summed E-state index contributed by atoms with van der Waals surface area (Å²) in [6.45, 7) is 0. The molecule has 22 heavy (non-hydrogen) atoms. The van der Waals surface area contributed by atoms with Gasteiger partial charge in [0.15, 0.2) is 0 Å². The van der Waals surface area contributed by atoms with E-state index in [4.69, 9.17) is 0 Å². The highest BCUT2D eigenvalue weighted by molar-refractivity contribution is 9.10. The molecule has 0 bridgehead atoms. The van der Waals surface area contributed by atoms with Gasteiger partial charge in [0.2, 0.25) is 0 Å². The fourth-order valence-electron chi connectivity index (χ4n) is 2.44. The number of benzene rings is 1. The van der Waals surface area contributed by atoms with Crippen LogP contribution >= 0.6 is 15.9 Å². The minimum Gasteiger partial charge on any atom is -0.299 e. The summed E-state index contributed by atoms with van der Waals surface area (Å²) >= 11 is 3.49. The maximum Gasteiger partial charge on any atom is 0.137 e. The topological polar surface area (TPSA) is 30.2 Å². The summed E-state index contributed by atoms with van der Waals surface area (Å²) in [6, 6.07) is 16.2. The third-order valence-corrected chi connectivity index (χ3v) is 4.01. The van der Waals surface area contributed by atoms with Crippen molar-refractivity contribution in [3.05, 3.63) is 76.8 Å². The van der Waals surface area contributed by atoms with E-state index in [0.29, 0.717) is 0 Å². The van der Waals surface area contributed by atoms with Crippen LogP contribution in [0.25, 0.3) is 28.7 Å². The van der Waals surface area contributed by atoms with E-state index in [1.807, 2.05) is 65.3 Å². The van der Waals surface area contributed by atoms with E-state index < -0.39 is 0 Å². The fourth-order valence-corrected chi connectivity index (χ4v) is 2.78. The predicted octanol–water partition coefficient (Wildman–Crippen LogP) is 4.82. The second kappa shape index (κ2) is 5.39. The number of halogens is 1. The monoisotopic (exact) mass is 349 g/mol. The van der Waals surface area contributed by atoms with Gasteiger partial charge in [-0.15, -0.1) is 0 Å². The van der Waals surface area contributed by atoms with E-state index >= 15 is 0 Å². The van der Waals surface area contributed by atoms with Crippen LogP contribution in [-0.4, -0.2) is 14.4 Å². The van der Waals surface area contributed by atoms with Gasteiger partial charge in [0.1, 0.15) is 5.65 Å². The summed E-state index contributed by atoms with van der Waals surface area (Å²) in [7, 11) is 0. The van der Waals surface area contributed by atoms with E-state index in [1.54, 1.807) is 0 Å². The summed E-state index contributed by atoms with van der Waals surface area (Å²) in [4.78, 5) is 9.04. The first kappa shape index (κ1) is 13.2. The standard InChI is InChI=1S/C18H12BrN3/c19-14-6-10-18-20-11-16(22(18)12-14)9-8-15-7-5-13-3-1-2-4-17(13)21-15/h1-12H. The second-order valence-corrected chi connectivity index (χ2v) is 5.94. The molecule has 1 aromatic carbocycles. The third-order valence-electron chi connectivity index (χ3n) is 3.54. The van der Waals surface area contributed by atoms with Crippen molar-refractivity contribution in [3.63, 3.8) is 0 Å². The van der Waals surface area contributed by atoms with Crippen LogP contribution in [0, 0.1) is 0 Å². The van der Waals surface area contributed by atoms with Crippen molar-refractivity contribution >= 4 is 44.6 Å². The molecule has 4 aromatic rings. The van der Waals surface area contributed by atoms with Crippen LogP contribution in [0.4, 0.5) is 0 Å². The smallest absolute Gasteiger partial charge is 0.137 e. The molecule has 3 heterocycles. The van der Waals surface area contributed by atoms with Crippen LogP contribution in [0.5, 0.6) is 0 Å². The number of rotatable bonds is 2. The maximum absolute atomic E-state index is 4.65. The molecule has 0 spiro atoms. The Morgan fingerprint density at radius 1 is 0.955 bits per heavy atom. The summed E-state index contributed by atoms with van der Waals surface area (Å²) in [5.41, 5.74) is 3.88. The van der Waals surface area contributed by atoms with E-state index in [1.165, 1.54) is 0 Å². The Hall–Kier alpha value is -2.46. The molecule has 4 rings (SSSR count). The lowest BCUT2D eigenvalue weighted by atomic mass is 10.2. The highest BCUT2D eigenvalue weighted by Crippen LogP contribution is 2.16. The highest BCUT2D eigenvalue weighted by atomic mass is 79.9. The van der Waals surface area contributed by atoms with Gasteiger partial charge in [0.25, 0.3) is 0 Å². The van der Waals surface area contributed by atoms with Crippen molar-refractivity contribution in [1.82, 2.24) is 14.4 Å². The Morgan fingerprint density at radius 3 is 2.82 bits per heavy atom. The minimum absolute atomic E-state index is 0.925. The number of para-hydroxylation sites is 1. The minimum atomic E-state index is 0.925. The van der Waals surface area contributed by atoms with Crippen LogP contribution in [0.15, 0.2) is 65.4 Å². The number of fused-ring (bicyclic) bond motifs is 2. The Bertz CT molecular complexity index is 1000. The van der Waals surface area contributed by atoms with E-state index in [0.717, 1.165) is 32.4 Å². The highest BCUT2D eigenvalue weighted by Gasteiger charge is 2.01. The Kier molecular flexibility index (Phi) is 3.24. The first-order valence-corrected chi connectivity index (χ1v) is 7.75. The van der Waals surface area contributed by atoms with E-state index in [2.05, 4.69) is 38.0 Å². The van der Waals surface area contributed by atoms with Crippen molar-refractivity contribution in [1.29, 1.82) is 0 Å². The van der Waals surface area contributed by atoms with Gasteiger partial charge >= 0.3 is 0 Å². The molecule has 0 N–H and O–H groups in total. The molecule has 0 radical (unpaired) electrons. The van der Waals surface area contributed by atoms with Crippen molar-refractivity contribution in [2.24, 2.45) is 0 Å². The van der Waals surface area contributed by atoms with Gasteiger partial charge in [-0.1, -0.05) is 24.3 Å². The van der Waals surface area contributed by atoms with Crippen LogP contribution in [0.3, 0.4) is 0 Å². The zero-order chi connectivity index (χ0) is 14.9. The molecule has 0 amide bonds. The Labute approximate surface area is 136 Å². The lowest BCUT2D eigenvalue weighted by Gasteiger charge is -1.99. The molecule has 0 atom stereocenters. The SMILES string of the molecule is Brc1ccc2ncc(C=Cc3ccc4ccccc4n3)n2c1. The molecule has 0 saturated heterocycles. The van der Waals surface area contributed by atoms with Crippen LogP contribution < -0.4 is 0 Å². The quantitative estimate of drug-likeness (QED) is 0.519. The zero-order valence-electron chi connectivity index (χ0n) is 11.6. The summed E-state index contributed by atoms with van der Waals surface area (Å²) in [5.74, 6) is 0. The number of imidazole rings is 1.